The predicted octanol–water partition coefficient (Wildman–Crippen LogP) is 2.29. The van der Waals surface area contributed by atoms with Crippen molar-refractivity contribution in [2.45, 2.75) is 57.9 Å². The molecule has 0 spiro atoms. The van der Waals surface area contributed by atoms with E-state index in [0.29, 0.717) is 11.9 Å². The van der Waals surface area contributed by atoms with E-state index in [0.717, 1.165) is 70.3 Å². The Kier molecular flexibility index (Phi) is 11.5. The summed E-state index contributed by atoms with van der Waals surface area (Å²) >= 11 is 0. The Labute approximate surface area is 176 Å². The van der Waals surface area contributed by atoms with Crippen LogP contribution in [0, 0.1) is 5.92 Å². The van der Waals surface area contributed by atoms with Gasteiger partial charge in [0.05, 0.1) is 6.54 Å². The van der Waals surface area contributed by atoms with Crippen LogP contribution in [-0.4, -0.2) is 74.5 Å². The van der Waals surface area contributed by atoms with E-state index in [1.54, 1.807) is 0 Å². The van der Waals surface area contributed by atoms with E-state index >= 15 is 0 Å². The van der Waals surface area contributed by atoms with Gasteiger partial charge in [0.25, 0.3) is 0 Å². The third-order valence-corrected chi connectivity index (χ3v) is 5.18. The number of carbonyl (C=O) groups excluding carboxylic acids is 1. The van der Waals surface area contributed by atoms with Gasteiger partial charge in [0.15, 0.2) is 5.96 Å². The maximum absolute atomic E-state index is 12.0. The van der Waals surface area contributed by atoms with Crippen LogP contribution in [0.5, 0.6) is 0 Å². The molecule has 0 aromatic carbocycles. The van der Waals surface area contributed by atoms with Crippen molar-refractivity contribution in [3.05, 3.63) is 0 Å². The van der Waals surface area contributed by atoms with Crippen molar-refractivity contribution in [3.8, 4) is 0 Å². The first kappa shape index (κ1) is 23.5. The fourth-order valence-corrected chi connectivity index (χ4v) is 3.49. The summed E-state index contributed by atoms with van der Waals surface area (Å²) in [7, 11) is 4.30. The molecule has 1 saturated carbocycles. The molecule has 1 aliphatic carbocycles. The van der Waals surface area contributed by atoms with Crippen LogP contribution in [0.4, 0.5) is 0 Å². The van der Waals surface area contributed by atoms with Crippen molar-refractivity contribution in [1.82, 2.24) is 20.4 Å². The molecule has 1 amide bonds. The molecule has 2 fully saturated rings. The van der Waals surface area contributed by atoms with Gasteiger partial charge >= 0.3 is 0 Å². The predicted molar refractivity (Wildman–Crippen MR) is 119 cm³/mol. The van der Waals surface area contributed by atoms with E-state index in [4.69, 9.17) is 4.99 Å². The van der Waals surface area contributed by atoms with Gasteiger partial charge < -0.3 is 20.4 Å². The minimum absolute atomic E-state index is 0. The Morgan fingerprint density at radius 3 is 2.69 bits per heavy atom. The summed E-state index contributed by atoms with van der Waals surface area (Å²) in [5, 5.41) is 6.76. The van der Waals surface area contributed by atoms with Crippen LogP contribution >= 0.6 is 24.0 Å². The normalized spacial score (nSPS) is 19.8. The molecule has 0 aromatic heterocycles. The molecule has 0 radical (unpaired) electrons. The Morgan fingerprint density at radius 2 is 2.04 bits per heavy atom. The van der Waals surface area contributed by atoms with Crippen molar-refractivity contribution >= 4 is 35.8 Å². The van der Waals surface area contributed by atoms with E-state index < -0.39 is 0 Å². The summed E-state index contributed by atoms with van der Waals surface area (Å²) in [5.41, 5.74) is 0. The fourth-order valence-electron chi connectivity index (χ4n) is 3.49. The Hall–Kier alpha value is -0.570. The Balaban J connectivity index is 0.00000338. The van der Waals surface area contributed by atoms with E-state index in [1.807, 2.05) is 4.90 Å². The van der Waals surface area contributed by atoms with Gasteiger partial charge in [-0.1, -0.05) is 6.42 Å². The number of nitrogens with one attached hydrogen (secondary N) is 2. The minimum atomic E-state index is 0. The van der Waals surface area contributed by atoms with Gasteiger partial charge in [0, 0.05) is 38.6 Å². The molecule has 1 aliphatic heterocycles. The first-order valence-corrected chi connectivity index (χ1v) is 10.1. The summed E-state index contributed by atoms with van der Waals surface area (Å²) < 4.78 is 0. The number of amides is 1. The molecule has 0 aromatic rings. The maximum atomic E-state index is 12.0. The highest BCUT2D eigenvalue weighted by atomic mass is 127. The number of aliphatic imine (C=N–C) groups is 1. The monoisotopic (exact) mass is 479 g/mol. The van der Waals surface area contributed by atoms with E-state index in [-0.39, 0.29) is 24.0 Å². The van der Waals surface area contributed by atoms with Crippen LogP contribution in [0.15, 0.2) is 4.99 Å². The van der Waals surface area contributed by atoms with Crippen LogP contribution in [-0.2, 0) is 4.79 Å². The van der Waals surface area contributed by atoms with Crippen LogP contribution in [0.3, 0.4) is 0 Å². The zero-order chi connectivity index (χ0) is 18.1. The number of hydrogen-bond acceptors (Lipinski definition) is 3. The second-order valence-corrected chi connectivity index (χ2v) is 7.56. The highest BCUT2D eigenvalue weighted by molar-refractivity contribution is 14.0. The quantitative estimate of drug-likeness (QED) is 0.231. The number of carbonyl (C=O) groups is 1. The van der Waals surface area contributed by atoms with Crippen molar-refractivity contribution in [3.63, 3.8) is 0 Å². The highest BCUT2D eigenvalue weighted by Gasteiger charge is 2.32. The standard InChI is InChI=1S/C19H37N5O.HI/c1-4-20-19(22-15-17(23(2)3)16-10-11-16)21-12-8-14-24-13-7-5-6-9-18(24)25;/h16-17H,4-15H2,1-3H3,(H2,20,21,22);1H. The number of likely N-dealkylation sites (tertiary alicyclic amines) is 1. The van der Waals surface area contributed by atoms with Crippen LogP contribution in [0.25, 0.3) is 0 Å². The molecule has 26 heavy (non-hydrogen) atoms. The van der Waals surface area contributed by atoms with Gasteiger partial charge in [-0.3, -0.25) is 9.79 Å². The summed E-state index contributed by atoms with van der Waals surface area (Å²) in [5.74, 6) is 2.05. The molecular weight excluding hydrogens is 441 g/mol. The van der Waals surface area contributed by atoms with Gasteiger partial charge in [-0.2, -0.15) is 0 Å². The highest BCUT2D eigenvalue weighted by Crippen LogP contribution is 2.34. The number of hydrogen-bond donors (Lipinski definition) is 2. The third-order valence-electron chi connectivity index (χ3n) is 5.18. The second-order valence-electron chi connectivity index (χ2n) is 7.56. The number of likely N-dealkylation sites (N-methyl/N-ethyl adjacent to an activating group) is 1. The molecular formula is C19H38IN5O. The summed E-state index contributed by atoms with van der Waals surface area (Å²) in [6, 6.07) is 0.546. The van der Waals surface area contributed by atoms with Crippen LogP contribution in [0.1, 0.15) is 51.9 Å². The number of guanidine groups is 1. The molecule has 1 unspecified atom stereocenters. The molecule has 2 aliphatic rings. The summed E-state index contributed by atoms with van der Waals surface area (Å²) in [6.07, 6.45) is 7.76. The van der Waals surface area contributed by atoms with E-state index in [2.05, 4.69) is 36.6 Å². The van der Waals surface area contributed by atoms with Crippen molar-refractivity contribution in [1.29, 1.82) is 0 Å². The third kappa shape index (κ3) is 8.41. The molecule has 6 nitrogen and oxygen atoms in total. The molecule has 7 heteroatoms. The van der Waals surface area contributed by atoms with Crippen molar-refractivity contribution < 1.29 is 4.79 Å². The lowest BCUT2D eigenvalue weighted by Crippen LogP contribution is -2.41. The molecule has 2 rings (SSSR count). The molecule has 0 bridgehead atoms. The van der Waals surface area contributed by atoms with Gasteiger partial charge in [0.1, 0.15) is 0 Å². The number of rotatable bonds is 9. The molecule has 1 saturated heterocycles. The topological polar surface area (TPSA) is 60.0 Å². The van der Waals surface area contributed by atoms with E-state index in [9.17, 15) is 4.79 Å². The SMILES string of the molecule is CCNC(=NCC(C1CC1)N(C)C)NCCCN1CCCCCC1=O.I. The van der Waals surface area contributed by atoms with Gasteiger partial charge in [-0.05, 0) is 59.0 Å². The van der Waals surface area contributed by atoms with Gasteiger partial charge in [-0.15, -0.1) is 24.0 Å². The number of nitrogens with zero attached hydrogens (tertiary/aromatic N) is 3. The molecule has 2 N–H and O–H groups in total. The maximum Gasteiger partial charge on any atom is 0.222 e. The van der Waals surface area contributed by atoms with Crippen molar-refractivity contribution in [2.24, 2.45) is 10.9 Å². The largest absolute Gasteiger partial charge is 0.357 e. The Bertz CT molecular complexity index is 438. The first-order chi connectivity index (χ1) is 12.1. The zero-order valence-electron chi connectivity index (χ0n) is 16.8. The summed E-state index contributed by atoms with van der Waals surface area (Å²) in [4.78, 5) is 21.1. The average Bonchev–Trinajstić information content (AvgIpc) is 3.41. The van der Waals surface area contributed by atoms with Crippen LogP contribution < -0.4 is 10.6 Å². The van der Waals surface area contributed by atoms with Gasteiger partial charge in [-0.25, -0.2) is 0 Å². The Morgan fingerprint density at radius 1 is 1.27 bits per heavy atom. The van der Waals surface area contributed by atoms with Crippen LogP contribution in [0.2, 0.25) is 0 Å². The smallest absolute Gasteiger partial charge is 0.222 e. The molecule has 152 valence electrons. The number of halogens is 1. The minimum Gasteiger partial charge on any atom is -0.357 e. The van der Waals surface area contributed by atoms with E-state index in [1.165, 1.54) is 19.3 Å². The van der Waals surface area contributed by atoms with Crippen molar-refractivity contribution in [2.75, 3.05) is 46.8 Å². The zero-order valence-corrected chi connectivity index (χ0v) is 19.1. The summed E-state index contributed by atoms with van der Waals surface area (Å²) in [6.45, 7) is 6.44. The first-order valence-electron chi connectivity index (χ1n) is 10.1. The lowest BCUT2D eigenvalue weighted by molar-refractivity contribution is -0.130. The lowest BCUT2D eigenvalue weighted by Gasteiger charge is -2.23. The lowest BCUT2D eigenvalue weighted by atomic mass is 10.2. The fraction of sp³-hybridized carbons (Fsp3) is 0.895. The van der Waals surface area contributed by atoms with Gasteiger partial charge in [0.2, 0.25) is 5.91 Å². The molecule has 1 heterocycles. The molecule has 1 atom stereocenters. The average molecular weight is 479 g/mol. The second kappa shape index (κ2) is 12.8.